The first-order chi connectivity index (χ1) is 13.5. The van der Waals surface area contributed by atoms with Crippen LogP contribution in [0.1, 0.15) is 73.4 Å². The van der Waals surface area contributed by atoms with Gasteiger partial charge in [-0.25, -0.2) is 0 Å². The molecule has 0 unspecified atom stereocenters. The van der Waals surface area contributed by atoms with Gasteiger partial charge in [-0.3, -0.25) is 0 Å². The lowest BCUT2D eigenvalue weighted by Gasteiger charge is -2.04. The lowest BCUT2D eigenvalue weighted by atomic mass is 10.1. The summed E-state index contributed by atoms with van der Waals surface area (Å²) in [5, 5.41) is 3.19. The molecule has 1 heteroatoms. The summed E-state index contributed by atoms with van der Waals surface area (Å²) in [6.07, 6.45) is 7.81. The first-order valence-corrected chi connectivity index (χ1v) is 10.4. The van der Waals surface area contributed by atoms with Gasteiger partial charge >= 0.3 is 0 Å². The van der Waals surface area contributed by atoms with Crippen LogP contribution in [0.2, 0.25) is 0 Å². The normalized spacial score (nSPS) is 8.43. The van der Waals surface area contributed by atoms with Crippen molar-refractivity contribution in [2.75, 3.05) is 0 Å². The molecule has 0 bridgehead atoms. The molecule has 0 fully saturated rings. The third-order valence-corrected chi connectivity index (χ3v) is 2.53. The number of hydrogen-bond acceptors (Lipinski definition) is 1. The molecule has 1 N–H and O–H groups in total. The molecule has 0 amide bonds. The van der Waals surface area contributed by atoms with E-state index in [4.69, 9.17) is 0 Å². The molecule has 0 saturated heterocycles. The van der Waals surface area contributed by atoms with Gasteiger partial charge < -0.3 is 5.32 Å². The molecule has 0 aliphatic heterocycles. The van der Waals surface area contributed by atoms with Crippen LogP contribution in [0.3, 0.4) is 0 Å². The van der Waals surface area contributed by atoms with Gasteiger partial charge in [0.15, 0.2) is 0 Å². The highest BCUT2D eigenvalue weighted by molar-refractivity contribution is 5.21. The molecule has 162 valence electrons. The van der Waals surface area contributed by atoms with Gasteiger partial charge in [0.2, 0.25) is 0 Å². The minimum atomic E-state index is 0.871. The maximum absolute atomic E-state index is 3.78. The van der Waals surface area contributed by atoms with Gasteiger partial charge in [-0.05, 0) is 33.3 Å². The fraction of sp³-hybridized carbons (Fsp3) is 0.407. The topological polar surface area (TPSA) is 12.0 Å². The Morgan fingerprint density at radius 3 is 1.68 bits per heavy atom. The van der Waals surface area contributed by atoms with Crippen molar-refractivity contribution in [1.82, 2.24) is 5.32 Å². The summed E-state index contributed by atoms with van der Waals surface area (Å²) >= 11 is 0. The molecule has 1 rings (SSSR count). The van der Waals surface area contributed by atoms with Crippen molar-refractivity contribution in [2.45, 2.75) is 75.8 Å². The molecule has 1 nitrogen and oxygen atoms in total. The second kappa shape index (κ2) is 35.8. The van der Waals surface area contributed by atoms with Crippen molar-refractivity contribution in [3.63, 3.8) is 0 Å². The van der Waals surface area contributed by atoms with Crippen LogP contribution < -0.4 is 5.32 Å². The highest BCUT2D eigenvalue weighted by Gasteiger charge is 1.90. The standard InChI is InChI=1S/C11H15N.C8H12.3C2H6.C2H4/c1-9(2)12-8-11-6-4-10(3)5-7-11;1-4-6-8(3)7-5-2;4*1-2/h4-7,12H,1,8H2,2-3H3;4-7H,1H2,2-3H3;3*1-2H3;1-2H2/b;7-5-,8-6-;;;;. The van der Waals surface area contributed by atoms with Crippen LogP contribution in [0.15, 0.2) is 86.2 Å². The first kappa shape index (κ1) is 36.6. The van der Waals surface area contributed by atoms with Crippen molar-refractivity contribution in [2.24, 2.45) is 0 Å². The largest absolute Gasteiger partial charge is 0.385 e. The summed E-state index contributed by atoms with van der Waals surface area (Å²) < 4.78 is 0. The number of allylic oxidation sites excluding steroid dienone is 6. The monoisotopic (exact) mass is 387 g/mol. The molecule has 0 radical (unpaired) electrons. The zero-order valence-electron chi connectivity index (χ0n) is 20.7. The smallest absolute Gasteiger partial charge is 0.0397 e. The number of nitrogens with one attached hydrogen (secondary N) is 1. The summed E-state index contributed by atoms with van der Waals surface area (Å²) in [5.41, 5.74) is 4.84. The molecule has 0 spiro atoms. The summed E-state index contributed by atoms with van der Waals surface area (Å²) in [6.45, 7) is 34.3. The average molecular weight is 388 g/mol. The minimum Gasteiger partial charge on any atom is -0.385 e. The van der Waals surface area contributed by atoms with E-state index in [0.29, 0.717) is 0 Å². The Kier molecular flexibility index (Phi) is 46.8. The maximum atomic E-state index is 3.78. The number of hydrogen-bond donors (Lipinski definition) is 1. The zero-order valence-corrected chi connectivity index (χ0v) is 20.7. The molecule has 0 heterocycles. The SMILES string of the molecule is C=C.C=C(C)NCc1ccc(C)cc1.C=C/C=C(C)\C=C/C.CC.CC.CC. The fourth-order valence-corrected chi connectivity index (χ4v) is 1.46. The second-order valence-electron chi connectivity index (χ2n) is 4.77. The van der Waals surface area contributed by atoms with Crippen LogP contribution in [0.5, 0.6) is 0 Å². The van der Waals surface area contributed by atoms with Crippen LogP contribution >= 0.6 is 0 Å². The van der Waals surface area contributed by atoms with Crippen molar-refractivity contribution in [1.29, 1.82) is 0 Å². The predicted molar refractivity (Wildman–Crippen MR) is 137 cm³/mol. The van der Waals surface area contributed by atoms with E-state index in [-0.39, 0.29) is 0 Å². The molecule has 0 aromatic heterocycles. The summed E-state index contributed by atoms with van der Waals surface area (Å²) in [7, 11) is 0. The van der Waals surface area contributed by atoms with E-state index >= 15 is 0 Å². The van der Waals surface area contributed by atoms with Gasteiger partial charge in [-0.1, -0.05) is 114 Å². The summed E-state index contributed by atoms with van der Waals surface area (Å²) in [5.74, 6) is 0. The fourth-order valence-electron chi connectivity index (χ4n) is 1.46. The number of benzene rings is 1. The molecule has 0 atom stereocenters. The van der Waals surface area contributed by atoms with Crippen molar-refractivity contribution in [3.8, 4) is 0 Å². The third kappa shape index (κ3) is 34.9. The van der Waals surface area contributed by atoms with E-state index < -0.39 is 0 Å². The van der Waals surface area contributed by atoms with Crippen molar-refractivity contribution >= 4 is 0 Å². The van der Waals surface area contributed by atoms with Crippen LogP contribution in [0, 0.1) is 6.92 Å². The molecule has 0 saturated carbocycles. The molecule has 0 aliphatic carbocycles. The van der Waals surface area contributed by atoms with Crippen LogP contribution in [-0.2, 0) is 6.54 Å². The van der Waals surface area contributed by atoms with Crippen molar-refractivity contribution in [3.05, 3.63) is 97.3 Å². The lowest BCUT2D eigenvalue weighted by molar-refractivity contribution is 0.815. The molecule has 28 heavy (non-hydrogen) atoms. The van der Waals surface area contributed by atoms with Crippen LogP contribution in [0.25, 0.3) is 0 Å². The van der Waals surface area contributed by atoms with E-state index in [9.17, 15) is 0 Å². The third-order valence-electron chi connectivity index (χ3n) is 2.53. The van der Waals surface area contributed by atoms with Gasteiger partial charge in [0, 0.05) is 12.2 Å². The Labute approximate surface area is 178 Å². The van der Waals surface area contributed by atoms with Gasteiger partial charge in [0.05, 0.1) is 0 Å². The predicted octanol–water partition coefficient (Wildman–Crippen LogP) is 9.19. The number of aryl methyl sites for hydroxylation is 1. The second-order valence-corrected chi connectivity index (χ2v) is 4.77. The van der Waals surface area contributed by atoms with Gasteiger partial charge in [0.25, 0.3) is 0 Å². The first-order valence-electron chi connectivity index (χ1n) is 10.4. The Morgan fingerprint density at radius 2 is 1.36 bits per heavy atom. The Hall–Kier alpha value is -2.28. The van der Waals surface area contributed by atoms with Crippen molar-refractivity contribution < 1.29 is 0 Å². The maximum Gasteiger partial charge on any atom is 0.0397 e. The molecular formula is C27H49N. The summed E-state index contributed by atoms with van der Waals surface area (Å²) in [6, 6.07) is 8.50. The highest BCUT2D eigenvalue weighted by Crippen LogP contribution is 2.02. The van der Waals surface area contributed by atoms with Gasteiger partial charge in [-0.2, -0.15) is 0 Å². The van der Waals surface area contributed by atoms with Gasteiger partial charge in [-0.15, -0.1) is 13.2 Å². The lowest BCUT2D eigenvalue weighted by Crippen LogP contribution is -2.08. The van der Waals surface area contributed by atoms with E-state index in [2.05, 4.69) is 62.8 Å². The number of rotatable bonds is 5. The van der Waals surface area contributed by atoms with E-state index in [1.54, 1.807) is 6.08 Å². The van der Waals surface area contributed by atoms with Crippen LogP contribution in [-0.4, -0.2) is 0 Å². The molecule has 1 aromatic rings. The summed E-state index contributed by atoms with van der Waals surface area (Å²) in [4.78, 5) is 0. The highest BCUT2D eigenvalue weighted by atomic mass is 14.9. The van der Waals surface area contributed by atoms with Crippen LogP contribution in [0.4, 0.5) is 0 Å². The quantitative estimate of drug-likeness (QED) is 0.392. The molecular weight excluding hydrogens is 338 g/mol. The zero-order chi connectivity index (χ0) is 23.4. The Morgan fingerprint density at radius 1 is 0.929 bits per heavy atom. The molecule has 0 aliphatic rings. The average Bonchev–Trinajstić information content (AvgIpc) is 2.74. The van der Waals surface area contributed by atoms with Gasteiger partial charge in [0.1, 0.15) is 0 Å². The molecule has 1 aromatic carbocycles. The minimum absolute atomic E-state index is 0.871. The Balaban J connectivity index is -0.0000000961. The van der Waals surface area contributed by atoms with E-state index in [0.717, 1.165) is 12.2 Å². The van der Waals surface area contributed by atoms with E-state index in [1.807, 2.05) is 80.5 Å². The Bertz CT molecular complexity index is 475. The van der Waals surface area contributed by atoms with E-state index in [1.165, 1.54) is 16.7 Å².